The molecular formula is C27H31FN4O3. The van der Waals surface area contributed by atoms with Gasteiger partial charge in [-0.15, -0.1) is 0 Å². The minimum Gasteiger partial charge on any atom is -0.459 e. The quantitative estimate of drug-likeness (QED) is 0.511. The van der Waals surface area contributed by atoms with E-state index in [0.717, 1.165) is 16.9 Å². The van der Waals surface area contributed by atoms with Crippen molar-refractivity contribution in [3.63, 3.8) is 0 Å². The predicted molar refractivity (Wildman–Crippen MR) is 131 cm³/mol. The van der Waals surface area contributed by atoms with Crippen molar-refractivity contribution in [3.05, 3.63) is 58.7 Å². The van der Waals surface area contributed by atoms with Crippen molar-refractivity contribution in [1.82, 2.24) is 14.3 Å². The molecule has 0 bridgehead atoms. The Morgan fingerprint density at radius 1 is 1.31 bits per heavy atom. The molecule has 1 saturated heterocycles. The monoisotopic (exact) mass is 478 g/mol. The molecule has 0 amide bonds. The normalized spacial score (nSPS) is 16.9. The van der Waals surface area contributed by atoms with Crippen molar-refractivity contribution in [3.8, 4) is 17.3 Å². The number of esters is 1. The van der Waals surface area contributed by atoms with Crippen LogP contribution in [-0.4, -0.2) is 58.2 Å². The molecule has 1 fully saturated rings. The number of imidazole rings is 1. The van der Waals surface area contributed by atoms with E-state index in [1.165, 1.54) is 6.07 Å². The molecule has 2 aromatic heterocycles. The first-order valence-electron chi connectivity index (χ1n) is 11.8. The van der Waals surface area contributed by atoms with Crippen molar-refractivity contribution in [1.29, 1.82) is 5.26 Å². The molecule has 4 rings (SSSR count). The van der Waals surface area contributed by atoms with E-state index in [9.17, 15) is 10.1 Å². The molecule has 0 aliphatic carbocycles. The molecule has 0 saturated carbocycles. The van der Waals surface area contributed by atoms with Crippen LogP contribution in [0.15, 0.2) is 30.5 Å². The van der Waals surface area contributed by atoms with Crippen LogP contribution >= 0.6 is 0 Å². The lowest BCUT2D eigenvalue weighted by Crippen LogP contribution is -2.46. The zero-order valence-electron chi connectivity index (χ0n) is 20.9. The lowest BCUT2D eigenvalue weighted by Gasteiger charge is -2.33. The summed E-state index contributed by atoms with van der Waals surface area (Å²) in [5.41, 5.74) is 3.93. The van der Waals surface area contributed by atoms with Gasteiger partial charge in [0, 0.05) is 31.3 Å². The molecule has 0 N–H and O–H groups in total. The number of pyridine rings is 1. The Morgan fingerprint density at radius 2 is 2.09 bits per heavy atom. The highest BCUT2D eigenvalue weighted by Crippen LogP contribution is 2.32. The number of halogens is 1. The zero-order chi connectivity index (χ0) is 25.3. The number of nitriles is 1. The average molecular weight is 479 g/mol. The summed E-state index contributed by atoms with van der Waals surface area (Å²) in [4.78, 5) is 19.2. The summed E-state index contributed by atoms with van der Waals surface area (Å²) in [6.45, 7) is 11.2. The summed E-state index contributed by atoms with van der Waals surface area (Å²) < 4.78 is 28.7. The van der Waals surface area contributed by atoms with Crippen LogP contribution in [0.2, 0.25) is 0 Å². The molecule has 1 aliphatic heterocycles. The number of benzene rings is 1. The molecule has 3 aromatic rings. The number of carbonyl (C=O) groups is 1. The third kappa shape index (κ3) is 5.69. The molecule has 184 valence electrons. The Morgan fingerprint density at radius 3 is 2.77 bits per heavy atom. The fourth-order valence-electron chi connectivity index (χ4n) is 4.52. The van der Waals surface area contributed by atoms with Gasteiger partial charge in [-0.05, 0) is 70.0 Å². The number of morpholine rings is 1. The largest absolute Gasteiger partial charge is 0.459 e. The molecule has 0 radical (unpaired) electrons. The second kappa shape index (κ2) is 9.76. The highest BCUT2D eigenvalue weighted by Gasteiger charge is 2.28. The maximum Gasteiger partial charge on any atom is 0.320 e. The summed E-state index contributed by atoms with van der Waals surface area (Å²) in [5, 5.41) is 9.22. The Labute approximate surface area is 205 Å². The van der Waals surface area contributed by atoms with E-state index in [2.05, 4.69) is 0 Å². The van der Waals surface area contributed by atoms with Gasteiger partial charge < -0.3 is 13.9 Å². The summed E-state index contributed by atoms with van der Waals surface area (Å²) in [7, 11) is 0. The minimum atomic E-state index is -0.532. The molecular weight excluding hydrogens is 447 g/mol. The lowest BCUT2D eigenvalue weighted by molar-refractivity contribution is -0.157. The van der Waals surface area contributed by atoms with Crippen molar-refractivity contribution >= 4 is 11.6 Å². The van der Waals surface area contributed by atoms with E-state index in [0.29, 0.717) is 42.9 Å². The van der Waals surface area contributed by atoms with Gasteiger partial charge in [0.25, 0.3) is 0 Å². The Bertz CT molecular complexity index is 1280. The average Bonchev–Trinajstić information content (AvgIpc) is 3.08. The van der Waals surface area contributed by atoms with E-state index < -0.39 is 11.4 Å². The van der Waals surface area contributed by atoms with Crippen LogP contribution in [0.25, 0.3) is 16.9 Å². The van der Waals surface area contributed by atoms with Crippen molar-refractivity contribution < 1.29 is 18.7 Å². The van der Waals surface area contributed by atoms with Crippen LogP contribution in [0.4, 0.5) is 4.39 Å². The van der Waals surface area contributed by atoms with E-state index in [4.69, 9.17) is 14.5 Å². The van der Waals surface area contributed by atoms with Gasteiger partial charge in [-0.2, -0.15) is 5.26 Å². The van der Waals surface area contributed by atoms with Gasteiger partial charge in [0.1, 0.15) is 17.1 Å². The molecule has 35 heavy (non-hydrogen) atoms. The number of aryl methyl sites for hydroxylation is 2. The number of nitrogens with zero attached hydrogens (tertiary/aromatic N) is 4. The number of rotatable bonds is 5. The zero-order valence-corrected chi connectivity index (χ0v) is 20.9. The number of fused-ring (bicyclic) bond motifs is 1. The van der Waals surface area contributed by atoms with E-state index in [1.807, 2.05) is 61.4 Å². The van der Waals surface area contributed by atoms with Crippen LogP contribution < -0.4 is 0 Å². The topological polar surface area (TPSA) is 79.9 Å². The summed E-state index contributed by atoms with van der Waals surface area (Å²) in [6.07, 6.45) is 2.23. The van der Waals surface area contributed by atoms with Crippen molar-refractivity contribution in [2.24, 2.45) is 0 Å². The second-order valence-electron chi connectivity index (χ2n) is 10.1. The van der Waals surface area contributed by atoms with Crippen LogP contribution in [0.3, 0.4) is 0 Å². The fraction of sp³-hybridized carbons (Fsp3) is 0.444. The van der Waals surface area contributed by atoms with Gasteiger partial charge in [-0.3, -0.25) is 9.69 Å². The molecule has 3 heterocycles. The first kappa shape index (κ1) is 24.8. The van der Waals surface area contributed by atoms with Gasteiger partial charge in [0.15, 0.2) is 0 Å². The molecule has 8 heteroatoms. The highest BCUT2D eigenvalue weighted by atomic mass is 19.1. The summed E-state index contributed by atoms with van der Waals surface area (Å²) in [5.74, 6) is -0.738. The first-order chi connectivity index (χ1) is 16.5. The predicted octanol–water partition coefficient (Wildman–Crippen LogP) is 4.21. The number of carbonyl (C=O) groups excluding carboxylic acids is 1. The maximum absolute atomic E-state index is 15.2. The van der Waals surface area contributed by atoms with Crippen LogP contribution in [0.5, 0.6) is 0 Å². The van der Waals surface area contributed by atoms with E-state index in [-0.39, 0.29) is 24.2 Å². The summed E-state index contributed by atoms with van der Waals surface area (Å²) >= 11 is 0. The second-order valence-corrected chi connectivity index (χ2v) is 10.1. The molecule has 1 atom stereocenters. The number of hydrogen-bond acceptors (Lipinski definition) is 6. The van der Waals surface area contributed by atoms with Gasteiger partial charge in [-0.1, -0.05) is 0 Å². The summed E-state index contributed by atoms with van der Waals surface area (Å²) in [6, 6.07) is 8.88. The van der Waals surface area contributed by atoms with Gasteiger partial charge in [-0.25, -0.2) is 9.37 Å². The third-order valence-corrected chi connectivity index (χ3v) is 5.95. The first-order valence-corrected chi connectivity index (χ1v) is 11.8. The SMILES string of the molecule is Cc1ccn2c(C[C@H]3CN(CC(=O)OC(C)(C)C)CCO3)c(-c3c(C)cc(C#N)cc3F)nc2c1. The molecule has 0 spiro atoms. The Hall–Kier alpha value is -3.28. The fourth-order valence-corrected chi connectivity index (χ4v) is 4.52. The molecule has 1 aromatic carbocycles. The van der Waals surface area contributed by atoms with Gasteiger partial charge in [0.2, 0.25) is 0 Å². The Kier molecular flexibility index (Phi) is 6.93. The molecule has 7 nitrogen and oxygen atoms in total. The Balaban J connectivity index is 1.66. The number of ether oxygens (including phenoxy) is 2. The lowest BCUT2D eigenvalue weighted by atomic mass is 9.99. The number of aromatic nitrogens is 2. The smallest absolute Gasteiger partial charge is 0.320 e. The highest BCUT2D eigenvalue weighted by molar-refractivity contribution is 5.72. The van der Waals surface area contributed by atoms with Crippen LogP contribution in [0, 0.1) is 31.0 Å². The van der Waals surface area contributed by atoms with Gasteiger partial charge >= 0.3 is 5.97 Å². The van der Waals surface area contributed by atoms with Crippen LogP contribution in [0.1, 0.15) is 43.2 Å². The standard InChI is InChI=1S/C27H31FN4O3/c1-17-6-7-32-22(13-20-15-31(8-9-34-20)16-24(33)35-27(3,4)5)26(30-23(32)10-17)25-18(2)11-19(14-29)12-21(25)28/h6-7,10-12,20H,8-9,13,15-16H2,1-5H3/t20-/m0/s1. The maximum atomic E-state index is 15.2. The van der Waals surface area contributed by atoms with E-state index >= 15 is 4.39 Å². The third-order valence-electron chi connectivity index (χ3n) is 5.95. The molecule has 0 unspecified atom stereocenters. The minimum absolute atomic E-state index is 0.194. The van der Waals surface area contributed by atoms with Crippen molar-refractivity contribution in [2.75, 3.05) is 26.2 Å². The number of hydrogen-bond donors (Lipinski definition) is 0. The van der Waals surface area contributed by atoms with E-state index in [1.54, 1.807) is 13.0 Å². The van der Waals surface area contributed by atoms with Crippen LogP contribution in [-0.2, 0) is 20.7 Å². The molecule has 1 aliphatic rings. The van der Waals surface area contributed by atoms with Gasteiger partial charge in [0.05, 0.1) is 42.3 Å². The van der Waals surface area contributed by atoms with Crippen molar-refractivity contribution in [2.45, 2.75) is 52.7 Å².